The Hall–Kier alpha value is -2.66. The van der Waals surface area contributed by atoms with Crippen LogP contribution in [0, 0.1) is 0 Å². The number of thioether (sulfide) groups is 1. The zero-order valence-electron chi connectivity index (χ0n) is 17.5. The summed E-state index contributed by atoms with van der Waals surface area (Å²) in [6.45, 7) is -3.85. The van der Waals surface area contributed by atoms with Gasteiger partial charge in [-0.25, -0.2) is 14.2 Å². The number of halogens is 10. The molecule has 36 heavy (non-hydrogen) atoms. The lowest BCUT2D eigenvalue weighted by molar-refractivity contribution is -0.173. The molecule has 0 bridgehead atoms. The third kappa shape index (κ3) is 11.4. The van der Waals surface area contributed by atoms with E-state index >= 15 is 0 Å². The molecule has 7 nitrogen and oxygen atoms in total. The minimum atomic E-state index is -4.74. The van der Waals surface area contributed by atoms with Crippen molar-refractivity contribution in [2.45, 2.75) is 29.2 Å². The second kappa shape index (κ2) is 12.1. The van der Waals surface area contributed by atoms with E-state index in [1.165, 1.54) is 0 Å². The van der Waals surface area contributed by atoms with Gasteiger partial charge in [0.25, 0.3) is 0 Å². The lowest BCUT2D eigenvalue weighted by Crippen LogP contribution is -2.28. The topological polar surface area (TPSA) is 76.6 Å². The van der Waals surface area contributed by atoms with Crippen LogP contribution < -0.4 is 14.5 Å². The van der Waals surface area contributed by atoms with Gasteiger partial charge in [0.2, 0.25) is 11.8 Å². The Balaban J connectivity index is 2.13. The van der Waals surface area contributed by atoms with Gasteiger partial charge in [-0.15, -0.1) is 0 Å². The van der Waals surface area contributed by atoms with E-state index in [2.05, 4.69) is 24.8 Å². The molecule has 0 fully saturated rings. The molecule has 1 aromatic carbocycles. The number of benzene rings is 1. The summed E-state index contributed by atoms with van der Waals surface area (Å²) < 4.78 is 121. The van der Waals surface area contributed by atoms with Crippen LogP contribution in [0.1, 0.15) is 5.69 Å². The second-order valence-corrected chi connectivity index (χ2v) is 8.07. The summed E-state index contributed by atoms with van der Waals surface area (Å²) in [7, 11) is 0. The summed E-state index contributed by atoms with van der Waals surface area (Å²) in [4.78, 5) is 19.6. The Morgan fingerprint density at radius 3 is 2.14 bits per heavy atom. The third-order valence-corrected chi connectivity index (χ3v) is 4.69. The SMILES string of the molecule is O=C(Nc1nc(CCOCC(F)(F)F)cc(OCC(F)(F)F)n1)N(Cl)c1ccc(SC(F)(F)F)cc1. The first-order valence-electron chi connectivity index (χ1n) is 9.35. The molecule has 0 aliphatic rings. The fourth-order valence-electron chi connectivity index (χ4n) is 2.29. The molecule has 1 heterocycles. The van der Waals surface area contributed by atoms with Crippen LogP contribution in [0.15, 0.2) is 35.2 Å². The molecular formula is C18H14ClF9N4O3S. The van der Waals surface area contributed by atoms with E-state index in [0.29, 0.717) is 4.42 Å². The monoisotopic (exact) mass is 572 g/mol. The maximum absolute atomic E-state index is 12.5. The maximum atomic E-state index is 12.5. The number of amides is 2. The van der Waals surface area contributed by atoms with Gasteiger partial charge in [0.15, 0.2) is 6.61 Å². The molecule has 0 saturated carbocycles. The summed E-state index contributed by atoms with van der Waals surface area (Å²) in [5, 5.41) is 2.05. The number of alkyl halides is 9. The van der Waals surface area contributed by atoms with Gasteiger partial charge in [-0.2, -0.15) is 44.5 Å². The first kappa shape index (κ1) is 29.6. The molecule has 2 aromatic rings. The highest BCUT2D eigenvalue weighted by molar-refractivity contribution is 8.00. The van der Waals surface area contributed by atoms with Gasteiger partial charge in [-0.05, 0) is 36.0 Å². The Morgan fingerprint density at radius 1 is 0.972 bits per heavy atom. The van der Waals surface area contributed by atoms with Gasteiger partial charge in [-0.3, -0.25) is 5.32 Å². The van der Waals surface area contributed by atoms with E-state index in [4.69, 9.17) is 11.8 Å². The molecule has 1 N–H and O–H groups in total. The van der Waals surface area contributed by atoms with Crippen LogP contribution in [0.25, 0.3) is 0 Å². The smallest absolute Gasteiger partial charge is 0.446 e. The summed E-state index contributed by atoms with van der Waals surface area (Å²) in [5.74, 6) is -1.27. The number of rotatable bonds is 9. The average Bonchev–Trinajstić information content (AvgIpc) is 2.73. The molecule has 200 valence electrons. The number of hydrogen-bond donors (Lipinski definition) is 1. The molecule has 2 amide bonds. The molecular weight excluding hydrogens is 559 g/mol. The Labute approximate surface area is 206 Å². The first-order chi connectivity index (χ1) is 16.5. The third-order valence-electron chi connectivity index (χ3n) is 3.60. The van der Waals surface area contributed by atoms with Crippen molar-refractivity contribution in [2.24, 2.45) is 0 Å². The standard InChI is InChI=1S/C18H14ClF9N4O3S/c19-32(11-1-3-12(4-2-11)36-18(26,27)28)15(33)31-14-29-10(5-6-34-8-16(20,21)22)7-13(30-14)35-9-17(23,24)25/h1-4,7H,5-6,8-9H2,(H,29,30,31,33). The molecule has 0 spiro atoms. The van der Waals surface area contributed by atoms with Crippen LogP contribution in [0.3, 0.4) is 0 Å². The fraction of sp³-hybridized carbons (Fsp3) is 0.389. The van der Waals surface area contributed by atoms with Crippen molar-refractivity contribution >= 4 is 41.2 Å². The predicted octanol–water partition coefficient (Wildman–Crippen LogP) is 6.34. The Kier molecular flexibility index (Phi) is 9.90. The molecule has 0 aliphatic carbocycles. The van der Waals surface area contributed by atoms with E-state index in [9.17, 15) is 44.3 Å². The Morgan fingerprint density at radius 2 is 1.58 bits per heavy atom. The number of nitrogens with zero attached hydrogens (tertiary/aromatic N) is 3. The van der Waals surface area contributed by atoms with Crippen molar-refractivity contribution in [1.29, 1.82) is 0 Å². The van der Waals surface area contributed by atoms with Crippen LogP contribution in [-0.4, -0.2) is 53.7 Å². The van der Waals surface area contributed by atoms with Gasteiger partial charge < -0.3 is 9.47 Å². The molecule has 0 unspecified atom stereocenters. The predicted molar refractivity (Wildman–Crippen MR) is 110 cm³/mol. The highest BCUT2D eigenvalue weighted by Gasteiger charge is 2.30. The maximum Gasteiger partial charge on any atom is 0.446 e. The summed E-state index contributed by atoms with van der Waals surface area (Å²) in [6.07, 6.45) is -9.65. The first-order valence-corrected chi connectivity index (χ1v) is 10.5. The van der Waals surface area contributed by atoms with E-state index in [-0.39, 0.29) is 22.7 Å². The van der Waals surface area contributed by atoms with E-state index < -0.39 is 67.3 Å². The fourth-order valence-corrected chi connectivity index (χ4v) is 2.99. The highest BCUT2D eigenvalue weighted by Crippen LogP contribution is 2.37. The summed E-state index contributed by atoms with van der Waals surface area (Å²) >= 11 is 5.47. The summed E-state index contributed by atoms with van der Waals surface area (Å²) in [5.41, 5.74) is -4.74. The van der Waals surface area contributed by atoms with Crippen molar-refractivity contribution in [2.75, 3.05) is 29.6 Å². The van der Waals surface area contributed by atoms with Crippen molar-refractivity contribution in [1.82, 2.24) is 9.97 Å². The van der Waals surface area contributed by atoms with Crippen LogP contribution in [-0.2, 0) is 11.2 Å². The molecule has 0 saturated heterocycles. The van der Waals surface area contributed by atoms with Crippen molar-refractivity contribution in [3.63, 3.8) is 0 Å². The molecule has 0 atom stereocenters. The minimum Gasteiger partial charge on any atom is -0.468 e. The second-order valence-electron chi connectivity index (χ2n) is 6.60. The van der Waals surface area contributed by atoms with Crippen molar-refractivity contribution in [3.05, 3.63) is 36.0 Å². The molecule has 0 radical (unpaired) electrons. The molecule has 18 heteroatoms. The normalized spacial score (nSPS) is 12.4. The minimum absolute atomic E-state index is 0.0778. The lowest BCUT2D eigenvalue weighted by atomic mass is 10.3. The van der Waals surface area contributed by atoms with Crippen LogP contribution >= 0.6 is 23.5 Å². The lowest BCUT2D eigenvalue weighted by Gasteiger charge is -2.16. The summed E-state index contributed by atoms with van der Waals surface area (Å²) in [6, 6.07) is 4.02. The number of aromatic nitrogens is 2. The number of nitrogens with one attached hydrogen (secondary N) is 1. The van der Waals surface area contributed by atoms with Crippen molar-refractivity contribution < 1.29 is 53.8 Å². The quantitative estimate of drug-likeness (QED) is 0.163. The van der Waals surface area contributed by atoms with E-state index in [1.54, 1.807) is 0 Å². The Bertz CT molecular complexity index is 1020. The zero-order chi connectivity index (χ0) is 27.1. The van der Waals surface area contributed by atoms with Crippen LogP contribution in [0.5, 0.6) is 5.88 Å². The number of carbonyl (C=O) groups is 1. The number of urea groups is 1. The van der Waals surface area contributed by atoms with Gasteiger partial charge >= 0.3 is 23.9 Å². The van der Waals surface area contributed by atoms with Crippen molar-refractivity contribution in [3.8, 4) is 5.88 Å². The molecule has 2 rings (SSSR count). The van der Waals surface area contributed by atoms with E-state index in [0.717, 1.165) is 30.3 Å². The highest BCUT2D eigenvalue weighted by atomic mass is 35.5. The van der Waals surface area contributed by atoms with Gasteiger partial charge in [-0.1, -0.05) is 0 Å². The zero-order valence-corrected chi connectivity index (χ0v) is 19.0. The molecule has 0 aliphatic heterocycles. The number of hydrogen-bond acceptors (Lipinski definition) is 6. The average molecular weight is 573 g/mol. The van der Waals surface area contributed by atoms with E-state index in [1.807, 2.05) is 0 Å². The number of ether oxygens (including phenoxy) is 2. The van der Waals surface area contributed by atoms with Gasteiger partial charge in [0, 0.05) is 29.2 Å². The van der Waals surface area contributed by atoms with Crippen LogP contribution in [0.4, 0.5) is 55.9 Å². The van der Waals surface area contributed by atoms with Crippen LogP contribution in [0.2, 0.25) is 0 Å². The number of carbonyl (C=O) groups excluding carboxylic acids is 1. The van der Waals surface area contributed by atoms with Gasteiger partial charge in [0.1, 0.15) is 6.61 Å². The number of anilines is 2. The van der Waals surface area contributed by atoms with Gasteiger partial charge in [0.05, 0.1) is 18.0 Å². The largest absolute Gasteiger partial charge is 0.468 e. The molecule has 1 aromatic heterocycles.